The van der Waals surface area contributed by atoms with Crippen molar-refractivity contribution in [1.29, 1.82) is 0 Å². The third kappa shape index (κ3) is 4.28. The maximum Gasteiger partial charge on any atom is 0.416 e. The first-order chi connectivity index (χ1) is 6.91. The molecule has 0 fully saturated rings. The third-order valence-electron chi connectivity index (χ3n) is 1.38. The Bertz CT molecular complexity index is 341. The fourth-order valence-electron chi connectivity index (χ4n) is 0.796. The molecule has 0 heterocycles. The number of alkyl halides is 4. The van der Waals surface area contributed by atoms with Crippen LogP contribution >= 0.6 is 15.9 Å². The van der Waals surface area contributed by atoms with Crippen molar-refractivity contribution in [2.75, 3.05) is 5.83 Å². The van der Waals surface area contributed by atoms with Gasteiger partial charge in [0, 0.05) is 12.1 Å². The van der Waals surface area contributed by atoms with Crippen molar-refractivity contribution in [3.05, 3.63) is 39.9 Å². The van der Waals surface area contributed by atoms with Crippen LogP contribution in [0.2, 0.25) is 0 Å². The number of nitrogens with zero attached hydrogens (tertiary/aromatic N) is 1. The molecule has 0 unspecified atom stereocenters. The molecule has 0 aliphatic carbocycles. The van der Waals surface area contributed by atoms with Gasteiger partial charge in [-0.25, -0.2) is 0 Å². The Balaban J connectivity index is 0.000000921. The van der Waals surface area contributed by atoms with Crippen LogP contribution in [0.1, 0.15) is 5.56 Å². The highest BCUT2D eigenvalue weighted by atomic mass is 79.9. The monoisotopic (exact) mass is 285 g/mol. The van der Waals surface area contributed by atoms with E-state index in [4.69, 9.17) is 0 Å². The van der Waals surface area contributed by atoms with Crippen LogP contribution in [0.3, 0.4) is 0 Å². The average molecular weight is 286 g/mol. The molecule has 0 saturated heterocycles. The molecular weight excluding hydrogens is 279 g/mol. The molecule has 0 aliphatic heterocycles. The van der Waals surface area contributed by atoms with E-state index in [9.17, 15) is 23.3 Å². The van der Waals surface area contributed by atoms with Crippen molar-refractivity contribution < 1.29 is 18.1 Å². The largest absolute Gasteiger partial charge is 0.416 e. The number of hydrogen-bond acceptors (Lipinski definition) is 2. The van der Waals surface area contributed by atoms with E-state index in [1.54, 1.807) is 0 Å². The highest BCUT2D eigenvalue weighted by Gasteiger charge is 2.31. The van der Waals surface area contributed by atoms with Gasteiger partial charge < -0.3 is 0 Å². The van der Waals surface area contributed by atoms with Crippen molar-refractivity contribution in [2.45, 2.75) is 6.18 Å². The average Bonchev–Trinajstić information content (AvgIpc) is 2.20. The predicted octanol–water partition coefficient (Wildman–Crippen LogP) is 3.62. The first-order valence-corrected chi connectivity index (χ1v) is 5.19. The zero-order valence-corrected chi connectivity index (χ0v) is 9.17. The first-order valence-electron chi connectivity index (χ1n) is 3.61. The van der Waals surface area contributed by atoms with Crippen LogP contribution in [0, 0.1) is 10.1 Å². The summed E-state index contributed by atoms with van der Waals surface area (Å²) in [7, 11) is 0. The van der Waals surface area contributed by atoms with Gasteiger partial charge in [-0.05, 0) is 11.9 Å². The third-order valence-corrected chi connectivity index (χ3v) is 1.38. The van der Waals surface area contributed by atoms with E-state index in [-0.39, 0.29) is 0 Å². The number of rotatable bonds is 1. The summed E-state index contributed by atoms with van der Waals surface area (Å²) in [6, 6.07) is 3.29. The lowest BCUT2D eigenvalue weighted by molar-refractivity contribution is -0.385. The van der Waals surface area contributed by atoms with Gasteiger partial charge in [0.05, 0.1) is 10.5 Å². The highest BCUT2D eigenvalue weighted by molar-refractivity contribution is 9.08. The van der Waals surface area contributed by atoms with Gasteiger partial charge in [-0.2, -0.15) is 13.2 Å². The lowest BCUT2D eigenvalue weighted by atomic mass is 10.2. The zero-order chi connectivity index (χ0) is 12.1. The summed E-state index contributed by atoms with van der Waals surface area (Å²) in [6.45, 7) is 0. The summed E-state index contributed by atoms with van der Waals surface area (Å²) in [5.74, 6) is 1.81. The minimum absolute atomic E-state index is 0.500. The smallest absolute Gasteiger partial charge is 0.258 e. The molecule has 0 amide bonds. The molecule has 7 heteroatoms. The number of benzene rings is 1. The predicted molar refractivity (Wildman–Crippen MR) is 52.9 cm³/mol. The van der Waals surface area contributed by atoms with Gasteiger partial charge in [-0.1, -0.05) is 22.0 Å². The SMILES string of the molecule is CBr.O=[N+]([O-])c1cccc(C(F)(F)F)c1. The number of halogens is 4. The standard InChI is InChI=1S/C7H4F3NO2.CH3Br/c8-7(9,10)5-2-1-3-6(4-5)11(12)13;1-2/h1-4H;1H3. The molecule has 1 aromatic carbocycles. The summed E-state index contributed by atoms with van der Waals surface area (Å²) in [4.78, 5) is 9.25. The Morgan fingerprint density at radius 2 is 1.87 bits per heavy atom. The topological polar surface area (TPSA) is 43.1 Å². The quantitative estimate of drug-likeness (QED) is 0.449. The number of nitro benzene ring substituents is 1. The lowest BCUT2D eigenvalue weighted by Crippen LogP contribution is -2.04. The second-order valence-electron chi connectivity index (χ2n) is 2.31. The molecule has 0 aliphatic rings. The summed E-state index contributed by atoms with van der Waals surface area (Å²) in [5, 5.41) is 10.1. The summed E-state index contributed by atoms with van der Waals surface area (Å²) >= 11 is 2.94. The molecular formula is C8H7BrF3NO2. The van der Waals surface area contributed by atoms with Gasteiger partial charge in [-0.3, -0.25) is 10.1 Å². The lowest BCUT2D eigenvalue weighted by Gasteiger charge is -2.04. The Kier molecular flexibility index (Phi) is 5.27. The van der Waals surface area contributed by atoms with Gasteiger partial charge in [-0.15, -0.1) is 0 Å². The van der Waals surface area contributed by atoms with Gasteiger partial charge in [0.25, 0.3) is 5.69 Å². The van der Waals surface area contributed by atoms with Gasteiger partial charge in [0.15, 0.2) is 0 Å². The Hall–Kier alpha value is -1.11. The number of nitro groups is 1. The maximum absolute atomic E-state index is 12.0. The fraction of sp³-hybridized carbons (Fsp3) is 0.250. The molecule has 3 nitrogen and oxygen atoms in total. The molecule has 84 valence electrons. The van der Waals surface area contributed by atoms with Crippen molar-refractivity contribution >= 4 is 21.6 Å². The van der Waals surface area contributed by atoms with Crippen molar-refractivity contribution in [3.63, 3.8) is 0 Å². The number of non-ortho nitro benzene ring substituents is 1. The zero-order valence-electron chi connectivity index (χ0n) is 7.58. The Labute approximate surface area is 92.2 Å². The Morgan fingerprint density at radius 3 is 2.27 bits per heavy atom. The van der Waals surface area contributed by atoms with E-state index in [1.165, 1.54) is 0 Å². The summed E-state index contributed by atoms with van der Waals surface area (Å²) < 4.78 is 36.0. The molecule has 0 atom stereocenters. The molecule has 0 saturated carbocycles. The minimum Gasteiger partial charge on any atom is -0.258 e. The van der Waals surface area contributed by atoms with Crippen LogP contribution in [0.4, 0.5) is 18.9 Å². The Morgan fingerprint density at radius 1 is 1.33 bits per heavy atom. The molecule has 15 heavy (non-hydrogen) atoms. The van der Waals surface area contributed by atoms with E-state index >= 15 is 0 Å². The summed E-state index contributed by atoms with van der Waals surface area (Å²) in [5.41, 5.74) is -1.57. The van der Waals surface area contributed by atoms with Crippen LogP contribution in [0.25, 0.3) is 0 Å². The molecule has 1 rings (SSSR count). The second kappa shape index (κ2) is 5.69. The second-order valence-corrected chi connectivity index (χ2v) is 2.31. The number of hydrogen-bond donors (Lipinski definition) is 0. The molecule has 0 spiro atoms. The van der Waals surface area contributed by atoms with E-state index in [2.05, 4.69) is 15.9 Å². The molecule has 0 radical (unpaired) electrons. The fourth-order valence-corrected chi connectivity index (χ4v) is 0.796. The highest BCUT2D eigenvalue weighted by Crippen LogP contribution is 2.30. The van der Waals surface area contributed by atoms with Crippen molar-refractivity contribution in [2.24, 2.45) is 0 Å². The summed E-state index contributed by atoms with van der Waals surface area (Å²) in [6.07, 6.45) is -4.54. The van der Waals surface area contributed by atoms with Crippen molar-refractivity contribution in [1.82, 2.24) is 0 Å². The van der Waals surface area contributed by atoms with Gasteiger partial charge in [0.2, 0.25) is 0 Å². The van der Waals surface area contributed by atoms with Crippen LogP contribution in [-0.4, -0.2) is 10.8 Å². The van der Waals surface area contributed by atoms with Crippen LogP contribution in [0.15, 0.2) is 24.3 Å². The molecule has 0 aromatic heterocycles. The maximum atomic E-state index is 12.0. The van der Waals surface area contributed by atoms with E-state index in [0.29, 0.717) is 6.07 Å². The van der Waals surface area contributed by atoms with Crippen molar-refractivity contribution in [3.8, 4) is 0 Å². The van der Waals surface area contributed by atoms with E-state index in [0.717, 1.165) is 18.2 Å². The van der Waals surface area contributed by atoms with Crippen LogP contribution in [0.5, 0.6) is 0 Å². The molecule has 0 N–H and O–H groups in total. The molecule has 1 aromatic rings. The van der Waals surface area contributed by atoms with Gasteiger partial charge >= 0.3 is 6.18 Å². The van der Waals surface area contributed by atoms with E-state index in [1.807, 2.05) is 5.83 Å². The molecule has 0 bridgehead atoms. The normalized spacial score (nSPS) is 10.2. The van der Waals surface area contributed by atoms with Crippen LogP contribution in [-0.2, 0) is 6.18 Å². The van der Waals surface area contributed by atoms with E-state index < -0.39 is 22.4 Å². The van der Waals surface area contributed by atoms with Gasteiger partial charge in [0.1, 0.15) is 0 Å². The first kappa shape index (κ1) is 13.9. The minimum atomic E-state index is -4.54. The van der Waals surface area contributed by atoms with Crippen LogP contribution < -0.4 is 0 Å².